The van der Waals surface area contributed by atoms with Gasteiger partial charge < -0.3 is 10.6 Å². The summed E-state index contributed by atoms with van der Waals surface area (Å²) in [5, 5.41) is 1.97. The zero-order chi connectivity index (χ0) is 12.0. The van der Waals surface area contributed by atoms with Crippen molar-refractivity contribution in [2.75, 3.05) is 33.2 Å². The molecule has 1 aliphatic heterocycles. The predicted molar refractivity (Wildman–Crippen MR) is 64.7 cm³/mol. The van der Waals surface area contributed by atoms with Crippen LogP contribution < -0.4 is 11.2 Å². The molecule has 16 heavy (non-hydrogen) atoms. The number of unbranched alkanes of at least 4 members (excludes halogenated alkanes) is 1. The standard InChI is InChI=1S/C11H24N4O/c1-3-4-5-10(12)11(16)13-15-8-6-14(2)7-9-15/h10H,3-9,12H2,1-2H3,(H,13,16). The first-order valence-electron chi connectivity index (χ1n) is 6.13. The van der Waals surface area contributed by atoms with Crippen molar-refractivity contribution in [3.05, 3.63) is 0 Å². The highest BCUT2D eigenvalue weighted by molar-refractivity contribution is 5.80. The van der Waals surface area contributed by atoms with Crippen LogP contribution in [0.15, 0.2) is 0 Å². The number of hydrogen-bond donors (Lipinski definition) is 2. The van der Waals surface area contributed by atoms with Crippen molar-refractivity contribution >= 4 is 5.91 Å². The Labute approximate surface area is 97.9 Å². The van der Waals surface area contributed by atoms with E-state index in [1.54, 1.807) is 0 Å². The van der Waals surface area contributed by atoms with Gasteiger partial charge in [-0.2, -0.15) is 0 Å². The number of hydrogen-bond acceptors (Lipinski definition) is 4. The quantitative estimate of drug-likeness (QED) is 0.683. The molecule has 1 atom stereocenters. The highest BCUT2D eigenvalue weighted by Crippen LogP contribution is 2.00. The molecule has 0 radical (unpaired) electrons. The van der Waals surface area contributed by atoms with Crippen molar-refractivity contribution in [2.24, 2.45) is 5.73 Å². The predicted octanol–water partition coefficient (Wildman–Crippen LogP) is -0.217. The first-order valence-corrected chi connectivity index (χ1v) is 6.13. The van der Waals surface area contributed by atoms with Crippen LogP contribution in [0.4, 0.5) is 0 Å². The molecular weight excluding hydrogens is 204 g/mol. The number of carbonyl (C=O) groups excluding carboxylic acids is 1. The van der Waals surface area contributed by atoms with Gasteiger partial charge in [0, 0.05) is 26.2 Å². The van der Waals surface area contributed by atoms with E-state index in [-0.39, 0.29) is 11.9 Å². The minimum absolute atomic E-state index is 0.0435. The summed E-state index contributed by atoms with van der Waals surface area (Å²) >= 11 is 0. The molecule has 1 aliphatic rings. The number of nitrogens with zero attached hydrogens (tertiary/aromatic N) is 2. The fourth-order valence-electron chi connectivity index (χ4n) is 1.71. The van der Waals surface area contributed by atoms with Gasteiger partial charge in [0.25, 0.3) is 5.91 Å². The second-order valence-electron chi connectivity index (χ2n) is 4.52. The van der Waals surface area contributed by atoms with Gasteiger partial charge in [0.1, 0.15) is 0 Å². The lowest BCUT2D eigenvalue weighted by Gasteiger charge is -2.33. The average Bonchev–Trinajstić information content (AvgIpc) is 2.29. The Balaban J connectivity index is 2.22. The minimum atomic E-state index is -0.361. The smallest absolute Gasteiger partial charge is 0.251 e. The lowest BCUT2D eigenvalue weighted by molar-refractivity contribution is -0.128. The van der Waals surface area contributed by atoms with Crippen LogP contribution in [-0.4, -0.2) is 55.1 Å². The number of rotatable bonds is 5. The number of nitrogens with one attached hydrogen (secondary N) is 1. The van der Waals surface area contributed by atoms with Crippen molar-refractivity contribution in [3.8, 4) is 0 Å². The SMILES string of the molecule is CCCCC(N)C(=O)NN1CCN(C)CC1. The van der Waals surface area contributed by atoms with Crippen molar-refractivity contribution in [2.45, 2.75) is 32.2 Å². The first kappa shape index (κ1) is 13.4. The highest BCUT2D eigenvalue weighted by atomic mass is 16.2. The van der Waals surface area contributed by atoms with Gasteiger partial charge in [-0.3, -0.25) is 10.2 Å². The van der Waals surface area contributed by atoms with Gasteiger partial charge in [0.05, 0.1) is 6.04 Å². The molecule has 1 unspecified atom stereocenters. The molecule has 3 N–H and O–H groups in total. The molecular formula is C11H24N4O. The topological polar surface area (TPSA) is 61.6 Å². The van der Waals surface area contributed by atoms with Gasteiger partial charge in [-0.05, 0) is 13.5 Å². The van der Waals surface area contributed by atoms with Crippen LogP contribution in [0.1, 0.15) is 26.2 Å². The van der Waals surface area contributed by atoms with Gasteiger partial charge in [0.2, 0.25) is 0 Å². The van der Waals surface area contributed by atoms with Crippen molar-refractivity contribution in [1.82, 2.24) is 15.3 Å². The largest absolute Gasteiger partial charge is 0.320 e. The van der Waals surface area contributed by atoms with E-state index in [9.17, 15) is 4.79 Å². The summed E-state index contributed by atoms with van der Waals surface area (Å²) in [6.07, 6.45) is 2.86. The van der Waals surface area contributed by atoms with Crippen LogP contribution in [0.2, 0.25) is 0 Å². The lowest BCUT2D eigenvalue weighted by atomic mass is 10.1. The van der Waals surface area contributed by atoms with Crippen LogP contribution in [0.5, 0.6) is 0 Å². The third-order valence-corrected chi connectivity index (χ3v) is 2.98. The Hall–Kier alpha value is -0.650. The van der Waals surface area contributed by atoms with Crippen molar-refractivity contribution < 1.29 is 4.79 Å². The van der Waals surface area contributed by atoms with Crippen LogP contribution >= 0.6 is 0 Å². The summed E-state index contributed by atoms with van der Waals surface area (Å²) in [7, 11) is 2.09. The number of hydrazine groups is 1. The van der Waals surface area contributed by atoms with Gasteiger partial charge in [0.15, 0.2) is 0 Å². The molecule has 1 amide bonds. The van der Waals surface area contributed by atoms with Crippen molar-refractivity contribution in [1.29, 1.82) is 0 Å². The zero-order valence-electron chi connectivity index (χ0n) is 10.4. The maximum absolute atomic E-state index is 11.7. The minimum Gasteiger partial charge on any atom is -0.320 e. The van der Waals surface area contributed by atoms with E-state index in [1.807, 2.05) is 5.01 Å². The zero-order valence-corrected chi connectivity index (χ0v) is 10.4. The monoisotopic (exact) mass is 228 g/mol. The van der Waals surface area contributed by atoms with E-state index in [0.29, 0.717) is 0 Å². The number of carbonyl (C=O) groups is 1. The molecule has 0 aromatic rings. The van der Waals surface area contributed by atoms with Crippen LogP contribution in [0, 0.1) is 0 Å². The Morgan fingerprint density at radius 2 is 2.00 bits per heavy atom. The summed E-state index contributed by atoms with van der Waals surface area (Å²) in [5.41, 5.74) is 8.69. The van der Waals surface area contributed by atoms with Crippen LogP contribution in [0.3, 0.4) is 0 Å². The number of piperazine rings is 1. The fraction of sp³-hybridized carbons (Fsp3) is 0.909. The summed E-state index contributed by atoms with van der Waals surface area (Å²) in [6, 6.07) is -0.361. The van der Waals surface area contributed by atoms with E-state index in [4.69, 9.17) is 5.73 Å². The maximum atomic E-state index is 11.7. The number of amides is 1. The Morgan fingerprint density at radius 3 is 2.56 bits per heavy atom. The van der Waals surface area contributed by atoms with Gasteiger partial charge in [-0.15, -0.1) is 0 Å². The van der Waals surface area contributed by atoms with E-state index >= 15 is 0 Å². The van der Waals surface area contributed by atoms with E-state index in [2.05, 4.69) is 24.3 Å². The molecule has 0 bridgehead atoms. The summed E-state index contributed by atoms with van der Waals surface area (Å²) in [6.45, 7) is 5.84. The molecule has 5 nitrogen and oxygen atoms in total. The molecule has 0 aliphatic carbocycles. The summed E-state index contributed by atoms with van der Waals surface area (Å²) in [5.74, 6) is -0.0435. The van der Waals surface area contributed by atoms with E-state index < -0.39 is 0 Å². The van der Waals surface area contributed by atoms with Crippen LogP contribution in [-0.2, 0) is 4.79 Å². The average molecular weight is 228 g/mol. The molecule has 1 heterocycles. The van der Waals surface area contributed by atoms with Gasteiger partial charge >= 0.3 is 0 Å². The van der Waals surface area contributed by atoms with Gasteiger partial charge in [-0.25, -0.2) is 5.01 Å². The Bertz CT molecular complexity index is 214. The normalized spacial score (nSPS) is 20.7. The number of likely N-dealkylation sites (N-methyl/N-ethyl adjacent to an activating group) is 1. The molecule has 0 aromatic carbocycles. The lowest BCUT2D eigenvalue weighted by Crippen LogP contribution is -2.55. The third kappa shape index (κ3) is 4.47. The molecule has 94 valence electrons. The molecule has 1 fully saturated rings. The van der Waals surface area contributed by atoms with Crippen LogP contribution in [0.25, 0.3) is 0 Å². The third-order valence-electron chi connectivity index (χ3n) is 2.98. The Morgan fingerprint density at radius 1 is 1.38 bits per heavy atom. The molecule has 0 spiro atoms. The molecule has 0 aromatic heterocycles. The molecule has 5 heteroatoms. The second-order valence-corrected chi connectivity index (χ2v) is 4.52. The van der Waals surface area contributed by atoms with E-state index in [1.165, 1.54) is 0 Å². The van der Waals surface area contributed by atoms with Gasteiger partial charge in [-0.1, -0.05) is 19.8 Å². The highest BCUT2D eigenvalue weighted by Gasteiger charge is 2.18. The fourth-order valence-corrected chi connectivity index (χ4v) is 1.71. The van der Waals surface area contributed by atoms with E-state index in [0.717, 1.165) is 45.4 Å². The first-order chi connectivity index (χ1) is 7.63. The molecule has 0 saturated carbocycles. The maximum Gasteiger partial charge on any atom is 0.251 e. The molecule has 1 saturated heterocycles. The Kier molecular flexibility index (Phi) is 5.73. The summed E-state index contributed by atoms with van der Waals surface area (Å²) < 4.78 is 0. The second kappa shape index (κ2) is 6.83. The number of nitrogens with two attached hydrogens (primary N) is 1. The summed E-state index contributed by atoms with van der Waals surface area (Å²) in [4.78, 5) is 14.0. The van der Waals surface area contributed by atoms with Crippen molar-refractivity contribution in [3.63, 3.8) is 0 Å². The molecule has 1 rings (SSSR count).